The molecule has 5 heterocycles. The third kappa shape index (κ3) is 7.62. The lowest BCUT2D eigenvalue weighted by atomic mass is 10.0. The minimum Gasteiger partial charge on any atom is -0.453 e. The first-order chi connectivity index (χ1) is 26.9. The van der Waals surface area contributed by atoms with Crippen molar-refractivity contribution in [3.63, 3.8) is 0 Å². The number of imidazole rings is 2. The Morgan fingerprint density at radius 1 is 0.679 bits per heavy atom. The molecule has 15 nitrogen and oxygen atoms in total. The number of likely N-dealkylation sites (tertiary alicyclic amines) is 2. The van der Waals surface area contributed by atoms with Crippen molar-refractivity contribution in [2.24, 2.45) is 11.8 Å². The molecule has 0 spiro atoms. The number of carbonyl (C=O) groups excluding carboxylic acids is 4. The fraction of sp³-hybridized carbons (Fsp3) is 0.439. The van der Waals surface area contributed by atoms with E-state index in [9.17, 15) is 19.2 Å². The molecule has 0 aliphatic carbocycles. The van der Waals surface area contributed by atoms with Crippen molar-refractivity contribution < 1.29 is 28.7 Å². The van der Waals surface area contributed by atoms with Crippen LogP contribution < -0.4 is 10.6 Å². The van der Waals surface area contributed by atoms with Crippen LogP contribution in [0.15, 0.2) is 54.7 Å². The van der Waals surface area contributed by atoms with Crippen molar-refractivity contribution in [2.75, 3.05) is 27.3 Å². The molecule has 4 N–H and O–H groups in total. The van der Waals surface area contributed by atoms with Gasteiger partial charge < -0.3 is 39.9 Å². The van der Waals surface area contributed by atoms with Crippen LogP contribution in [0.2, 0.25) is 0 Å². The van der Waals surface area contributed by atoms with Crippen LogP contribution >= 0.6 is 0 Å². The van der Waals surface area contributed by atoms with Gasteiger partial charge in [0.05, 0.1) is 42.9 Å². The maximum absolute atomic E-state index is 13.6. The van der Waals surface area contributed by atoms with Crippen molar-refractivity contribution in [2.45, 2.75) is 77.5 Å². The lowest BCUT2D eigenvalue weighted by Gasteiger charge is -2.29. The molecule has 7 rings (SSSR count). The first kappa shape index (κ1) is 38.3. The predicted octanol–water partition coefficient (Wildman–Crippen LogP) is 6.26. The number of rotatable bonds is 10. The van der Waals surface area contributed by atoms with Gasteiger partial charge in [0, 0.05) is 24.8 Å². The fourth-order valence-corrected chi connectivity index (χ4v) is 7.84. The van der Waals surface area contributed by atoms with Crippen LogP contribution in [0.25, 0.3) is 44.5 Å². The monoisotopic (exact) mass is 763 g/mol. The zero-order valence-corrected chi connectivity index (χ0v) is 32.6. The van der Waals surface area contributed by atoms with E-state index in [1.165, 1.54) is 14.2 Å². The highest BCUT2D eigenvalue weighted by Crippen LogP contribution is 2.35. The standard InChI is InChI=1S/C41H49N9O6/c1-22(2)33(46-40(53)55-5)38(51)49-17-7-9-31(49)36-43-28-16-15-26(19-29(28)44-36)24-11-13-25(14-12-24)27-20-30-35(42-21-27)48-37(45-30)32-10-8-18-50(32)39(52)34(23(3)4)47-41(54)56-6/h11-16,19-23,31-34H,7-10,17-18H2,1-6H3,(H,43,44)(H,46,53)(H,47,54)(H,42,45,48)/t31-,32-,33-,34-/m0/s1. The number of hydrogen-bond acceptors (Lipinski definition) is 9. The van der Waals surface area contributed by atoms with E-state index in [1.807, 2.05) is 50.8 Å². The van der Waals surface area contributed by atoms with Crippen molar-refractivity contribution in [3.8, 4) is 22.3 Å². The van der Waals surface area contributed by atoms with Gasteiger partial charge in [0.25, 0.3) is 0 Å². The average molecular weight is 764 g/mol. The lowest BCUT2D eigenvalue weighted by molar-refractivity contribution is -0.136. The second-order valence-electron chi connectivity index (χ2n) is 15.2. The largest absolute Gasteiger partial charge is 0.453 e. The SMILES string of the molecule is COC(=O)N[C@H](C(=O)N1CCC[C@H]1c1nc2ccc(-c3ccc(-c4cnc5nc([C@@H]6CCCN6C(=O)[C@@H](NC(=O)OC)C(C)C)[nH]c5c4)cc3)cc2[nH]1)C(C)C. The topological polar surface area (TPSA) is 188 Å². The van der Waals surface area contributed by atoms with Gasteiger partial charge in [-0.25, -0.2) is 24.5 Å². The predicted molar refractivity (Wildman–Crippen MR) is 210 cm³/mol. The number of carbonyl (C=O) groups is 4. The molecule has 0 radical (unpaired) electrons. The van der Waals surface area contributed by atoms with Crippen LogP contribution in [0, 0.1) is 11.8 Å². The number of methoxy groups -OCH3 is 2. The molecule has 2 saturated heterocycles. The van der Waals surface area contributed by atoms with E-state index < -0.39 is 24.3 Å². The second-order valence-corrected chi connectivity index (χ2v) is 15.2. The molecule has 2 aliphatic rings. The summed E-state index contributed by atoms with van der Waals surface area (Å²) < 4.78 is 9.53. The summed E-state index contributed by atoms with van der Waals surface area (Å²) in [5.74, 6) is 0.866. The summed E-state index contributed by atoms with van der Waals surface area (Å²) in [5, 5.41) is 5.39. The number of hydrogen-bond donors (Lipinski definition) is 4. The van der Waals surface area contributed by atoms with Crippen LogP contribution in [0.5, 0.6) is 0 Å². The highest BCUT2D eigenvalue weighted by Gasteiger charge is 2.39. The average Bonchev–Trinajstić information content (AvgIpc) is 4.03. The van der Waals surface area contributed by atoms with E-state index in [0.29, 0.717) is 24.6 Å². The summed E-state index contributed by atoms with van der Waals surface area (Å²) in [6.07, 6.45) is 3.74. The number of alkyl carbamates (subject to hydrolysis) is 2. The number of amides is 4. The van der Waals surface area contributed by atoms with Gasteiger partial charge in [0.1, 0.15) is 23.7 Å². The zero-order valence-electron chi connectivity index (χ0n) is 32.6. The van der Waals surface area contributed by atoms with Crippen LogP contribution in [-0.2, 0) is 19.1 Å². The number of fused-ring (bicyclic) bond motifs is 2. The molecule has 2 fully saturated rings. The molecule has 3 aromatic heterocycles. The smallest absolute Gasteiger partial charge is 0.407 e. The molecule has 0 unspecified atom stereocenters. The summed E-state index contributed by atoms with van der Waals surface area (Å²) in [6.45, 7) is 8.75. The number of aromatic nitrogens is 5. The number of H-pyrrole nitrogens is 2. The molecule has 0 saturated carbocycles. The first-order valence-corrected chi connectivity index (χ1v) is 19.2. The van der Waals surface area contributed by atoms with Gasteiger partial charge in [-0.3, -0.25) is 9.59 Å². The van der Waals surface area contributed by atoms with Gasteiger partial charge in [-0.15, -0.1) is 0 Å². The van der Waals surface area contributed by atoms with Gasteiger partial charge in [-0.2, -0.15) is 0 Å². The van der Waals surface area contributed by atoms with Crippen molar-refractivity contribution in [3.05, 3.63) is 66.4 Å². The van der Waals surface area contributed by atoms with Crippen molar-refractivity contribution >= 4 is 46.2 Å². The maximum atomic E-state index is 13.6. The molecule has 56 heavy (non-hydrogen) atoms. The van der Waals surface area contributed by atoms with E-state index in [-0.39, 0.29) is 35.7 Å². The molecule has 4 amide bonds. The first-order valence-electron chi connectivity index (χ1n) is 19.2. The minimum absolute atomic E-state index is 0.112. The lowest BCUT2D eigenvalue weighted by Crippen LogP contribution is -2.51. The number of nitrogens with one attached hydrogen (secondary N) is 4. The molecule has 15 heteroatoms. The minimum atomic E-state index is -0.707. The normalized spacial score (nSPS) is 18.1. The Balaban J connectivity index is 1.06. The number of aromatic amines is 2. The van der Waals surface area contributed by atoms with E-state index >= 15 is 0 Å². The molecule has 0 bridgehead atoms. The van der Waals surface area contributed by atoms with Gasteiger partial charge in [-0.1, -0.05) is 58.0 Å². The molecule has 4 atom stereocenters. The van der Waals surface area contributed by atoms with Gasteiger partial charge in [0.15, 0.2) is 5.65 Å². The number of ether oxygens (including phenoxy) is 2. The van der Waals surface area contributed by atoms with Gasteiger partial charge in [-0.05, 0) is 72.4 Å². The summed E-state index contributed by atoms with van der Waals surface area (Å²) >= 11 is 0. The fourth-order valence-electron chi connectivity index (χ4n) is 7.84. The van der Waals surface area contributed by atoms with Gasteiger partial charge in [0.2, 0.25) is 11.8 Å². The maximum Gasteiger partial charge on any atom is 0.407 e. The molecule has 5 aromatic rings. The Bertz CT molecular complexity index is 2090. The van der Waals surface area contributed by atoms with Crippen LogP contribution in [0.3, 0.4) is 0 Å². The van der Waals surface area contributed by atoms with Crippen molar-refractivity contribution in [1.29, 1.82) is 0 Å². The Morgan fingerprint density at radius 2 is 1.16 bits per heavy atom. The highest BCUT2D eigenvalue weighted by atomic mass is 16.5. The van der Waals surface area contributed by atoms with E-state index in [2.05, 4.69) is 55.9 Å². The van der Waals surface area contributed by atoms with E-state index in [0.717, 1.165) is 70.3 Å². The molecule has 294 valence electrons. The Morgan fingerprint density at radius 3 is 1.70 bits per heavy atom. The number of pyridine rings is 1. The zero-order chi connectivity index (χ0) is 39.7. The Hall–Kier alpha value is -5.99. The van der Waals surface area contributed by atoms with Crippen LogP contribution in [0.1, 0.15) is 77.1 Å². The van der Waals surface area contributed by atoms with Gasteiger partial charge >= 0.3 is 12.2 Å². The number of nitrogens with zero attached hydrogens (tertiary/aromatic N) is 5. The summed E-state index contributed by atoms with van der Waals surface area (Å²) in [7, 11) is 2.57. The van der Waals surface area contributed by atoms with Crippen LogP contribution in [-0.4, -0.2) is 98.1 Å². The number of benzene rings is 2. The Labute approximate surface area is 324 Å². The van der Waals surface area contributed by atoms with E-state index in [4.69, 9.17) is 19.4 Å². The molecule has 2 aliphatic heterocycles. The quantitative estimate of drug-likeness (QED) is 0.127. The van der Waals surface area contributed by atoms with E-state index in [1.54, 1.807) is 11.1 Å². The second kappa shape index (κ2) is 16.0. The molecular weight excluding hydrogens is 715 g/mol. The molecular formula is C41H49N9O6. The third-order valence-corrected chi connectivity index (χ3v) is 10.9. The highest BCUT2D eigenvalue weighted by molar-refractivity contribution is 5.88. The van der Waals surface area contributed by atoms with Crippen molar-refractivity contribution in [1.82, 2.24) is 45.4 Å². The summed E-state index contributed by atoms with van der Waals surface area (Å²) in [5.41, 5.74) is 7.00. The third-order valence-electron chi connectivity index (χ3n) is 10.9. The van der Waals surface area contributed by atoms with Crippen LogP contribution in [0.4, 0.5) is 9.59 Å². The summed E-state index contributed by atoms with van der Waals surface area (Å²) in [6, 6.07) is 14.5. The summed E-state index contributed by atoms with van der Waals surface area (Å²) in [4.78, 5) is 76.0. The molecule has 2 aromatic carbocycles. The Kier molecular flexibility index (Phi) is 10.9.